The van der Waals surface area contributed by atoms with Crippen molar-refractivity contribution in [2.24, 2.45) is 5.73 Å². The summed E-state index contributed by atoms with van der Waals surface area (Å²) in [5.74, 6) is -0.398. The number of esters is 1. The summed E-state index contributed by atoms with van der Waals surface area (Å²) in [6.45, 7) is 1.91. The Kier molecular flexibility index (Phi) is 3.65. The minimum atomic E-state index is -0.595. The fraction of sp³-hybridized carbons (Fsp3) is 0.364. The molecule has 3 nitrogen and oxygen atoms in total. The molecule has 0 amide bonds. The Labute approximate surface area is 83.9 Å². The van der Waals surface area contributed by atoms with E-state index in [9.17, 15) is 4.79 Å². The smallest absolute Gasteiger partial charge is 0.323 e. The third-order valence-electron chi connectivity index (χ3n) is 2.34. The number of nitrogens with two attached hydrogens (primary N) is 1. The maximum absolute atomic E-state index is 11.2. The van der Waals surface area contributed by atoms with Crippen LogP contribution >= 0.6 is 0 Å². The highest BCUT2D eigenvalue weighted by molar-refractivity contribution is 5.76. The van der Waals surface area contributed by atoms with E-state index in [4.69, 9.17) is 5.73 Å². The number of carbonyl (C=O) groups excluding carboxylic acids is 1. The second kappa shape index (κ2) is 4.77. The summed E-state index contributed by atoms with van der Waals surface area (Å²) in [6, 6.07) is 9.09. The third kappa shape index (κ3) is 2.33. The van der Waals surface area contributed by atoms with Crippen molar-refractivity contribution in [2.45, 2.75) is 18.9 Å². The average Bonchev–Trinajstić information content (AvgIpc) is 2.27. The molecule has 1 rings (SSSR count). The standard InChI is InChI=1S/C11H15NO2/c1-8(10(12)11(13)14-2)9-6-4-3-5-7-9/h3-8,10H,12H2,1-2H3/t8-,10+/m1/s1. The number of benzene rings is 1. The Hall–Kier alpha value is -1.35. The lowest BCUT2D eigenvalue weighted by Gasteiger charge is -2.17. The number of carbonyl (C=O) groups is 1. The topological polar surface area (TPSA) is 52.3 Å². The van der Waals surface area contributed by atoms with E-state index in [-0.39, 0.29) is 11.9 Å². The van der Waals surface area contributed by atoms with Gasteiger partial charge in [-0.15, -0.1) is 0 Å². The van der Waals surface area contributed by atoms with Crippen LogP contribution in [-0.2, 0) is 9.53 Å². The summed E-state index contributed by atoms with van der Waals surface area (Å²) in [6.07, 6.45) is 0. The number of hydrogen-bond acceptors (Lipinski definition) is 3. The van der Waals surface area contributed by atoms with Crippen LogP contribution < -0.4 is 5.73 Å². The highest BCUT2D eigenvalue weighted by Crippen LogP contribution is 2.17. The van der Waals surface area contributed by atoms with E-state index in [0.717, 1.165) is 5.56 Å². The van der Waals surface area contributed by atoms with E-state index >= 15 is 0 Å². The maximum Gasteiger partial charge on any atom is 0.323 e. The predicted octanol–water partition coefficient (Wildman–Crippen LogP) is 1.29. The minimum absolute atomic E-state index is 0.0244. The predicted molar refractivity (Wildman–Crippen MR) is 54.8 cm³/mol. The van der Waals surface area contributed by atoms with Gasteiger partial charge in [0.15, 0.2) is 0 Å². The molecule has 0 unspecified atom stereocenters. The summed E-state index contributed by atoms with van der Waals surface area (Å²) in [5.41, 5.74) is 6.78. The van der Waals surface area contributed by atoms with Crippen molar-refractivity contribution in [1.29, 1.82) is 0 Å². The lowest BCUT2D eigenvalue weighted by Crippen LogP contribution is -2.36. The first-order valence-electron chi connectivity index (χ1n) is 4.55. The van der Waals surface area contributed by atoms with Crippen molar-refractivity contribution in [3.8, 4) is 0 Å². The van der Waals surface area contributed by atoms with Gasteiger partial charge in [-0.1, -0.05) is 37.3 Å². The molecule has 1 aromatic carbocycles. The Morgan fingerprint density at radius 1 is 1.36 bits per heavy atom. The second-order valence-corrected chi connectivity index (χ2v) is 3.25. The van der Waals surface area contributed by atoms with Crippen molar-refractivity contribution in [2.75, 3.05) is 7.11 Å². The zero-order valence-corrected chi connectivity index (χ0v) is 8.44. The first kappa shape index (κ1) is 10.7. The first-order valence-corrected chi connectivity index (χ1v) is 4.55. The lowest BCUT2D eigenvalue weighted by molar-refractivity contribution is -0.142. The third-order valence-corrected chi connectivity index (χ3v) is 2.34. The molecule has 0 spiro atoms. The molecule has 0 fully saturated rings. The zero-order chi connectivity index (χ0) is 10.6. The number of hydrogen-bond donors (Lipinski definition) is 1. The van der Waals surface area contributed by atoms with Crippen LogP contribution in [0.15, 0.2) is 30.3 Å². The van der Waals surface area contributed by atoms with Crippen molar-refractivity contribution >= 4 is 5.97 Å². The van der Waals surface area contributed by atoms with Crippen LogP contribution in [0.4, 0.5) is 0 Å². The molecule has 2 N–H and O–H groups in total. The summed E-state index contributed by atoms with van der Waals surface area (Å²) in [4.78, 5) is 11.2. The van der Waals surface area contributed by atoms with Gasteiger partial charge >= 0.3 is 5.97 Å². The largest absolute Gasteiger partial charge is 0.468 e. The van der Waals surface area contributed by atoms with Crippen LogP contribution in [0.25, 0.3) is 0 Å². The van der Waals surface area contributed by atoms with Crippen LogP contribution in [0, 0.1) is 0 Å². The monoisotopic (exact) mass is 193 g/mol. The molecule has 2 atom stereocenters. The summed E-state index contributed by atoms with van der Waals surface area (Å²) in [5, 5.41) is 0. The molecule has 0 saturated carbocycles. The molecule has 0 heterocycles. The van der Waals surface area contributed by atoms with Crippen molar-refractivity contribution in [3.05, 3.63) is 35.9 Å². The number of rotatable bonds is 3. The van der Waals surface area contributed by atoms with E-state index < -0.39 is 6.04 Å². The fourth-order valence-electron chi connectivity index (χ4n) is 1.30. The zero-order valence-electron chi connectivity index (χ0n) is 8.44. The van der Waals surface area contributed by atoms with Gasteiger partial charge in [0.25, 0.3) is 0 Å². The molecule has 0 aliphatic heterocycles. The van der Waals surface area contributed by atoms with Crippen LogP contribution in [0.1, 0.15) is 18.4 Å². The van der Waals surface area contributed by atoms with Gasteiger partial charge in [0.1, 0.15) is 6.04 Å². The summed E-state index contributed by atoms with van der Waals surface area (Å²) >= 11 is 0. The van der Waals surface area contributed by atoms with E-state index in [1.165, 1.54) is 7.11 Å². The van der Waals surface area contributed by atoms with Crippen LogP contribution in [-0.4, -0.2) is 19.1 Å². The van der Waals surface area contributed by atoms with Gasteiger partial charge in [-0.25, -0.2) is 0 Å². The maximum atomic E-state index is 11.2. The minimum Gasteiger partial charge on any atom is -0.468 e. The normalized spacial score (nSPS) is 14.5. The van der Waals surface area contributed by atoms with Gasteiger partial charge in [0, 0.05) is 5.92 Å². The van der Waals surface area contributed by atoms with E-state index in [0.29, 0.717) is 0 Å². The lowest BCUT2D eigenvalue weighted by atomic mass is 9.94. The molecule has 1 aromatic rings. The van der Waals surface area contributed by atoms with Gasteiger partial charge in [-0.2, -0.15) is 0 Å². The summed E-state index contributed by atoms with van der Waals surface area (Å²) in [7, 11) is 1.35. The highest BCUT2D eigenvalue weighted by Gasteiger charge is 2.22. The molecule has 0 aromatic heterocycles. The Bertz CT molecular complexity index is 297. The molecule has 0 aliphatic rings. The Balaban J connectivity index is 2.75. The van der Waals surface area contributed by atoms with E-state index in [1.54, 1.807) is 0 Å². The molecule has 3 heteroatoms. The van der Waals surface area contributed by atoms with Gasteiger partial charge in [-0.3, -0.25) is 4.79 Å². The van der Waals surface area contributed by atoms with E-state index in [1.807, 2.05) is 37.3 Å². The van der Waals surface area contributed by atoms with Crippen LogP contribution in [0.3, 0.4) is 0 Å². The van der Waals surface area contributed by atoms with Crippen LogP contribution in [0.5, 0.6) is 0 Å². The second-order valence-electron chi connectivity index (χ2n) is 3.25. The SMILES string of the molecule is COC(=O)[C@@H](N)[C@H](C)c1ccccc1. The molecule has 0 bridgehead atoms. The number of methoxy groups -OCH3 is 1. The summed E-state index contributed by atoms with van der Waals surface area (Å²) < 4.78 is 4.59. The quantitative estimate of drug-likeness (QED) is 0.736. The number of ether oxygens (including phenoxy) is 1. The molecule has 14 heavy (non-hydrogen) atoms. The molecule has 0 saturated heterocycles. The molecule has 0 aliphatic carbocycles. The van der Waals surface area contributed by atoms with E-state index in [2.05, 4.69) is 4.74 Å². The molecular weight excluding hydrogens is 178 g/mol. The Morgan fingerprint density at radius 3 is 2.43 bits per heavy atom. The Morgan fingerprint density at radius 2 is 1.93 bits per heavy atom. The van der Waals surface area contributed by atoms with Gasteiger partial charge < -0.3 is 10.5 Å². The van der Waals surface area contributed by atoms with Gasteiger partial charge in [0.05, 0.1) is 7.11 Å². The molecule has 0 radical (unpaired) electrons. The van der Waals surface area contributed by atoms with Crippen molar-refractivity contribution in [3.63, 3.8) is 0 Å². The van der Waals surface area contributed by atoms with Crippen LogP contribution in [0.2, 0.25) is 0 Å². The molecule has 76 valence electrons. The van der Waals surface area contributed by atoms with Gasteiger partial charge in [-0.05, 0) is 5.56 Å². The highest BCUT2D eigenvalue weighted by atomic mass is 16.5. The molecular formula is C11H15NO2. The first-order chi connectivity index (χ1) is 6.66. The van der Waals surface area contributed by atoms with Gasteiger partial charge in [0.2, 0.25) is 0 Å². The van der Waals surface area contributed by atoms with Crippen molar-refractivity contribution in [1.82, 2.24) is 0 Å². The fourth-order valence-corrected chi connectivity index (χ4v) is 1.30. The average molecular weight is 193 g/mol. The van der Waals surface area contributed by atoms with Crippen molar-refractivity contribution < 1.29 is 9.53 Å².